The van der Waals surface area contributed by atoms with Gasteiger partial charge in [0.25, 0.3) is 0 Å². The lowest BCUT2D eigenvalue weighted by Gasteiger charge is -2.25. The highest BCUT2D eigenvalue weighted by Gasteiger charge is 2.38. The van der Waals surface area contributed by atoms with Gasteiger partial charge in [-0.05, 0) is 30.9 Å². The summed E-state index contributed by atoms with van der Waals surface area (Å²) in [6.45, 7) is 0. The van der Waals surface area contributed by atoms with Gasteiger partial charge in [-0.3, -0.25) is 4.79 Å². The summed E-state index contributed by atoms with van der Waals surface area (Å²) < 4.78 is 11.0. The van der Waals surface area contributed by atoms with Crippen LogP contribution in [0.2, 0.25) is 0 Å². The Morgan fingerprint density at radius 2 is 2.19 bits per heavy atom. The number of ketones is 1. The van der Waals surface area contributed by atoms with Gasteiger partial charge in [0, 0.05) is 12.5 Å². The average molecular weight is 218 g/mol. The number of methoxy groups -OCH3 is 1. The predicted molar refractivity (Wildman–Crippen MR) is 59.1 cm³/mol. The van der Waals surface area contributed by atoms with Gasteiger partial charge in [0.2, 0.25) is 0 Å². The summed E-state index contributed by atoms with van der Waals surface area (Å²) in [4.78, 5) is 11.9. The molecule has 3 nitrogen and oxygen atoms in total. The van der Waals surface area contributed by atoms with E-state index in [0.29, 0.717) is 23.7 Å². The molecule has 0 saturated heterocycles. The van der Waals surface area contributed by atoms with Crippen LogP contribution in [-0.2, 0) is 0 Å². The van der Waals surface area contributed by atoms with Crippen LogP contribution in [0.15, 0.2) is 18.2 Å². The van der Waals surface area contributed by atoms with Crippen molar-refractivity contribution in [3.63, 3.8) is 0 Å². The highest BCUT2D eigenvalue weighted by atomic mass is 16.5. The van der Waals surface area contributed by atoms with Gasteiger partial charge < -0.3 is 9.47 Å². The minimum atomic E-state index is 0.0899. The second-order valence-electron chi connectivity index (χ2n) is 4.48. The predicted octanol–water partition coefficient (Wildman–Crippen LogP) is 2.44. The SMILES string of the molecule is COc1ccc2c(c1)O[C@@H](C1CC1)CC2=O. The van der Waals surface area contributed by atoms with E-state index in [0.717, 1.165) is 5.75 Å². The Kier molecular flexibility index (Phi) is 2.13. The molecule has 0 amide bonds. The second-order valence-corrected chi connectivity index (χ2v) is 4.48. The van der Waals surface area contributed by atoms with Gasteiger partial charge in [0.05, 0.1) is 12.7 Å². The lowest BCUT2D eigenvalue weighted by atomic mass is 9.98. The number of carbonyl (C=O) groups excluding carboxylic acids is 1. The Morgan fingerprint density at radius 3 is 2.88 bits per heavy atom. The molecule has 84 valence electrons. The number of rotatable bonds is 2. The standard InChI is InChI=1S/C13H14O3/c1-15-9-4-5-10-11(14)7-12(8-2-3-8)16-13(10)6-9/h4-6,8,12H,2-3,7H2,1H3/t12-/m1/s1. The third-order valence-electron chi connectivity index (χ3n) is 3.30. The van der Waals surface area contributed by atoms with Gasteiger partial charge in [0.1, 0.15) is 17.6 Å². The summed E-state index contributed by atoms with van der Waals surface area (Å²) in [6, 6.07) is 5.40. The van der Waals surface area contributed by atoms with E-state index in [1.54, 1.807) is 19.2 Å². The molecular formula is C13H14O3. The summed E-state index contributed by atoms with van der Waals surface area (Å²) in [6.07, 6.45) is 3.01. The maximum atomic E-state index is 11.9. The van der Waals surface area contributed by atoms with Gasteiger partial charge in [-0.15, -0.1) is 0 Å². The molecule has 1 aliphatic heterocycles. The first-order valence-corrected chi connectivity index (χ1v) is 5.66. The van der Waals surface area contributed by atoms with Crippen LogP contribution in [0.5, 0.6) is 11.5 Å². The fourth-order valence-electron chi connectivity index (χ4n) is 2.19. The molecule has 3 rings (SSSR count). The highest BCUT2D eigenvalue weighted by molar-refractivity contribution is 6.00. The number of benzene rings is 1. The van der Waals surface area contributed by atoms with E-state index in [1.165, 1.54) is 12.8 Å². The Labute approximate surface area is 94.4 Å². The van der Waals surface area contributed by atoms with Gasteiger partial charge in [-0.25, -0.2) is 0 Å². The average Bonchev–Trinajstić information content (AvgIpc) is 3.12. The van der Waals surface area contributed by atoms with Crippen molar-refractivity contribution >= 4 is 5.78 Å². The lowest BCUT2D eigenvalue weighted by molar-refractivity contribution is 0.0818. The van der Waals surface area contributed by atoms with Crippen molar-refractivity contribution in [1.82, 2.24) is 0 Å². The molecule has 1 aliphatic carbocycles. The first-order valence-electron chi connectivity index (χ1n) is 5.66. The summed E-state index contributed by atoms with van der Waals surface area (Å²) >= 11 is 0. The van der Waals surface area contributed by atoms with Gasteiger partial charge in [-0.1, -0.05) is 0 Å². The molecule has 1 aromatic rings. The smallest absolute Gasteiger partial charge is 0.170 e. The summed E-state index contributed by atoms with van der Waals surface area (Å²) in [5, 5.41) is 0. The Balaban J connectivity index is 1.94. The maximum absolute atomic E-state index is 11.9. The van der Waals surface area contributed by atoms with Crippen molar-refractivity contribution in [2.45, 2.75) is 25.4 Å². The summed E-state index contributed by atoms with van der Waals surface area (Å²) in [5.74, 6) is 2.21. The number of hydrogen-bond acceptors (Lipinski definition) is 3. The fraction of sp³-hybridized carbons (Fsp3) is 0.462. The van der Waals surface area contributed by atoms with E-state index >= 15 is 0 Å². The number of hydrogen-bond donors (Lipinski definition) is 0. The molecule has 1 fully saturated rings. The van der Waals surface area contributed by atoms with Crippen LogP contribution in [0.4, 0.5) is 0 Å². The zero-order chi connectivity index (χ0) is 11.1. The molecule has 1 saturated carbocycles. The van der Waals surface area contributed by atoms with Crippen LogP contribution in [0.1, 0.15) is 29.6 Å². The van der Waals surface area contributed by atoms with Gasteiger partial charge in [-0.2, -0.15) is 0 Å². The first kappa shape index (κ1) is 9.70. The number of carbonyl (C=O) groups is 1. The molecule has 16 heavy (non-hydrogen) atoms. The zero-order valence-electron chi connectivity index (χ0n) is 9.23. The molecule has 0 bridgehead atoms. The normalized spacial score (nSPS) is 23.6. The molecule has 3 heteroatoms. The van der Waals surface area contributed by atoms with Crippen molar-refractivity contribution in [3.8, 4) is 11.5 Å². The maximum Gasteiger partial charge on any atom is 0.170 e. The molecule has 2 aliphatic rings. The Morgan fingerprint density at radius 1 is 1.38 bits per heavy atom. The van der Waals surface area contributed by atoms with Crippen LogP contribution < -0.4 is 9.47 Å². The zero-order valence-corrected chi connectivity index (χ0v) is 9.23. The van der Waals surface area contributed by atoms with Crippen LogP contribution in [0.3, 0.4) is 0 Å². The minimum absolute atomic E-state index is 0.0899. The van der Waals surface area contributed by atoms with E-state index in [1.807, 2.05) is 6.07 Å². The quantitative estimate of drug-likeness (QED) is 0.764. The molecule has 0 radical (unpaired) electrons. The van der Waals surface area contributed by atoms with Crippen molar-refractivity contribution in [3.05, 3.63) is 23.8 Å². The first-order chi connectivity index (χ1) is 7.78. The Hall–Kier alpha value is -1.51. The van der Waals surface area contributed by atoms with E-state index < -0.39 is 0 Å². The van der Waals surface area contributed by atoms with E-state index in [-0.39, 0.29) is 11.9 Å². The third kappa shape index (κ3) is 1.56. The lowest BCUT2D eigenvalue weighted by Crippen LogP contribution is -2.28. The number of Topliss-reactive ketones (excluding diaryl/α,β-unsaturated/α-hetero) is 1. The van der Waals surface area contributed by atoms with E-state index in [9.17, 15) is 4.79 Å². The van der Waals surface area contributed by atoms with Crippen LogP contribution in [-0.4, -0.2) is 19.0 Å². The van der Waals surface area contributed by atoms with Crippen molar-refractivity contribution < 1.29 is 14.3 Å². The van der Waals surface area contributed by atoms with Crippen LogP contribution >= 0.6 is 0 Å². The van der Waals surface area contributed by atoms with Crippen LogP contribution in [0, 0.1) is 5.92 Å². The van der Waals surface area contributed by atoms with E-state index in [4.69, 9.17) is 9.47 Å². The highest BCUT2D eigenvalue weighted by Crippen LogP contribution is 2.41. The third-order valence-corrected chi connectivity index (χ3v) is 3.30. The summed E-state index contributed by atoms with van der Waals surface area (Å²) in [7, 11) is 1.62. The number of ether oxygens (including phenoxy) is 2. The molecular weight excluding hydrogens is 204 g/mol. The number of fused-ring (bicyclic) bond motifs is 1. The molecule has 0 N–H and O–H groups in total. The minimum Gasteiger partial charge on any atom is -0.497 e. The monoisotopic (exact) mass is 218 g/mol. The topological polar surface area (TPSA) is 35.5 Å². The molecule has 0 aromatic heterocycles. The van der Waals surface area contributed by atoms with Crippen LogP contribution in [0.25, 0.3) is 0 Å². The molecule has 1 aromatic carbocycles. The van der Waals surface area contributed by atoms with Gasteiger partial charge >= 0.3 is 0 Å². The molecule has 0 spiro atoms. The van der Waals surface area contributed by atoms with Crippen molar-refractivity contribution in [2.75, 3.05) is 7.11 Å². The molecule has 1 heterocycles. The second kappa shape index (κ2) is 3.51. The molecule has 1 atom stereocenters. The largest absolute Gasteiger partial charge is 0.497 e. The Bertz CT molecular complexity index is 435. The van der Waals surface area contributed by atoms with Crippen molar-refractivity contribution in [1.29, 1.82) is 0 Å². The van der Waals surface area contributed by atoms with E-state index in [2.05, 4.69) is 0 Å². The van der Waals surface area contributed by atoms with Gasteiger partial charge in [0.15, 0.2) is 5.78 Å². The summed E-state index contributed by atoms with van der Waals surface area (Å²) in [5.41, 5.74) is 0.692. The fourth-order valence-corrected chi connectivity index (χ4v) is 2.19. The molecule has 0 unspecified atom stereocenters. The van der Waals surface area contributed by atoms with Crippen molar-refractivity contribution in [2.24, 2.45) is 5.92 Å².